The van der Waals surface area contributed by atoms with Gasteiger partial charge in [0.15, 0.2) is 5.82 Å². The molecule has 3 heterocycles. The Balaban J connectivity index is 1.70. The summed E-state index contributed by atoms with van der Waals surface area (Å²) in [5, 5.41) is 12.2. The van der Waals surface area contributed by atoms with Crippen molar-refractivity contribution in [2.75, 3.05) is 37.6 Å². The maximum atomic E-state index is 4.42. The minimum absolute atomic E-state index is 0.640. The van der Waals surface area contributed by atoms with Crippen LogP contribution in [0, 0.1) is 0 Å². The normalized spacial score (nSPS) is 20.7. The van der Waals surface area contributed by atoms with E-state index in [1.165, 1.54) is 11.3 Å². The molecule has 19 heavy (non-hydrogen) atoms. The third-order valence-electron chi connectivity index (χ3n) is 4.17. The van der Waals surface area contributed by atoms with Crippen LogP contribution >= 0.6 is 0 Å². The fourth-order valence-electron chi connectivity index (χ4n) is 2.86. The summed E-state index contributed by atoms with van der Waals surface area (Å²) in [6, 6.07) is 2.86. The molecule has 5 nitrogen and oxygen atoms in total. The molecule has 1 N–H and O–H groups in total. The zero-order valence-electron chi connectivity index (χ0n) is 11.9. The lowest BCUT2D eigenvalue weighted by Gasteiger charge is -2.37. The Morgan fingerprint density at radius 3 is 2.68 bits per heavy atom. The van der Waals surface area contributed by atoms with Crippen LogP contribution in [-0.2, 0) is 13.0 Å². The summed E-state index contributed by atoms with van der Waals surface area (Å²) in [4.78, 5) is 4.88. The Morgan fingerprint density at radius 2 is 1.95 bits per heavy atom. The zero-order valence-corrected chi connectivity index (χ0v) is 11.9. The molecule has 0 saturated carbocycles. The predicted octanol–water partition coefficient (Wildman–Crippen LogP) is 0.653. The van der Waals surface area contributed by atoms with E-state index >= 15 is 0 Å². The van der Waals surface area contributed by atoms with Gasteiger partial charge in [0.2, 0.25) is 0 Å². The summed E-state index contributed by atoms with van der Waals surface area (Å²) < 4.78 is 0. The van der Waals surface area contributed by atoms with Gasteiger partial charge in [0.05, 0.1) is 5.69 Å². The summed E-state index contributed by atoms with van der Waals surface area (Å²) in [5.41, 5.74) is 2.49. The first kappa shape index (κ1) is 12.8. The maximum absolute atomic E-state index is 4.42. The van der Waals surface area contributed by atoms with E-state index in [9.17, 15) is 0 Å². The van der Waals surface area contributed by atoms with Crippen molar-refractivity contribution in [1.82, 2.24) is 20.4 Å². The standard InChI is InChI=1S/C14H23N5/c1-11(2)18-5-7-19(8-6-18)14-9-12-10-15-4-3-13(12)16-17-14/h9,11,15H,3-8,10H2,1-2H3. The lowest BCUT2D eigenvalue weighted by atomic mass is 10.1. The van der Waals surface area contributed by atoms with E-state index in [4.69, 9.17) is 0 Å². The van der Waals surface area contributed by atoms with Crippen molar-refractivity contribution in [3.63, 3.8) is 0 Å². The number of aromatic nitrogens is 2. The van der Waals surface area contributed by atoms with Gasteiger partial charge < -0.3 is 10.2 Å². The van der Waals surface area contributed by atoms with Crippen molar-refractivity contribution in [2.24, 2.45) is 0 Å². The quantitative estimate of drug-likeness (QED) is 0.847. The number of fused-ring (bicyclic) bond motifs is 1. The van der Waals surface area contributed by atoms with Crippen molar-refractivity contribution < 1.29 is 0 Å². The van der Waals surface area contributed by atoms with Crippen molar-refractivity contribution in [3.05, 3.63) is 17.3 Å². The fourth-order valence-corrected chi connectivity index (χ4v) is 2.86. The molecule has 2 aliphatic heterocycles. The average molecular weight is 261 g/mol. The minimum atomic E-state index is 0.640. The molecular formula is C14H23N5. The van der Waals surface area contributed by atoms with Crippen LogP contribution in [0.2, 0.25) is 0 Å². The molecule has 0 spiro atoms. The molecule has 0 aromatic carbocycles. The van der Waals surface area contributed by atoms with Crippen LogP contribution in [0.15, 0.2) is 6.07 Å². The second-order valence-electron chi connectivity index (χ2n) is 5.72. The van der Waals surface area contributed by atoms with Crippen molar-refractivity contribution in [2.45, 2.75) is 32.9 Å². The minimum Gasteiger partial charge on any atom is -0.353 e. The van der Waals surface area contributed by atoms with Gasteiger partial charge in [-0.25, -0.2) is 0 Å². The summed E-state index contributed by atoms with van der Waals surface area (Å²) >= 11 is 0. The number of piperazine rings is 1. The summed E-state index contributed by atoms with van der Waals surface area (Å²) in [6.07, 6.45) is 1.00. The first-order chi connectivity index (χ1) is 9.24. The highest BCUT2D eigenvalue weighted by Crippen LogP contribution is 2.19. The summed E-state index contributed by atoms with van der Waals surface area (Å²) in [7, 11) is 0. The molecule has 0 radical (unpaired) electrons. The monoisotopic (exact) mass is 261 g/mol. The molecule has 5 heteroatoms. The van der Waals surface area contributed by atoms with Crippen molar-refractivity contribution in [3.8, 4) is 0 Å². The molecule has 0 aliphatic carbocycles. The molecule has 0 amide bonds. The van der Waals surface area contributed by atoms with Gasteiger partial charge >= 0.3 is 0 Å². The Morgan fingerprint density at radius 1 is 1.16 bits per heavy atom. The Hall–Kier alpha value is -1.20. The Labute approximate surface area is 115 Å². The fraction of sp³-hybridized carbons (Fsp3) is 0.714. The van der Waals surface area contributed by atoms with Crippen LogP contribution in [0.3, 0.4) is 0 Å². The van der Waals surface area contributed by atoms with E-state index < -0.39 is 0 Å². The third kappa shape index (κ3) is 2.72. The number of rotatable bonds is 2. The van der Waals surface area contributed by atoms with E-state index in [-0.39, 0.29) is 0 Å². The lowest BCUT2D eigenvalue weighted by molar-refractivity contribution is 0.209. The number of nitrogens with one attached hydrogen (secondary N) is 1. The molecule has 3 rings (SSSR count). The van der Waals surface area contributed by atoms with E-state index in [1.807, 2.05) is 0 Å². The highest BCUT2D eigenvalue weighted by molar-refractivity contribution is 5.42. The zero-order chi connectivity index (χ0) is 13.2. The second-order valence-corrected chi connectivity index (χ2v) is 5.72. The van der Waals surface area contributed by atoms with Gasteiger partial charge in [0.1, 0.15) is 0 Å². The largest absolute Gasteiger partial charge is 0.353 e. The molecule has 0 bridgehead atoms. The summed E-state index contributed by atoms with van der Waals surface area (Å²) in [5.74, 6) is 1.05. The summed E-state index contributed by atoms with van der Waals surface area (Å²) in [6.45, 7) is 10.8. The lowest BCUT2D eigenvalue weighted by Crippen LogP contribution is -2.49. The third-order valence-corrected chi connectivity index (χ3v) is 4.17. The van der Waals surface area contributed by atoms with Crippen LogP contribution in [0.5, 0.6) is 0 Å². The number of anilines is 1. The highest BCUT2D eigenvalue weighted by Gasteiger charge is 2.21. The van der Waals surface area contributed by atoms with Crippen LogP contribution in [0.1, 0.15) is 25.1 Å². The number of hydrogen-bond acceptors (Lipinski definition) is 5. The van der Waals surface area contributed by atoms with Crippen LogP contribution in [-0.4, -0.2) is 53.9 Å². The molecule has 1 aromatic heterocycles. The van der Waals surface area contributed by atoms with E-state index in [1.54, 1.807) is 0 Å². The molecule has 104 valence electrons. The average Bonchev–Trinajstić information content (AvgIpc) is 2.47. The van der Waals surface area contributed by atoms with Gasteiger partial charge in [-0.2, -0.15) is 5.10 Å². The maximum Gasteiger partial charge on any atom is 0.151 e. The predicted molar refractivity (Wildman–Crippen MR) is 76.4 cm³/mol. The number of nitrogens with zero attached hydrogens (tertiary/aromatic N) is 4. The van der Waals surface area contributed by atoms with Crippen molar-refractivity contribution >= 4 is 5.82 Å². The first-order valence-corrected chi connectivity index (χ1v) is 7.29. The van der Waals surface area contributed by atoms with Crippen molar-refractivity contribution in [1.29, 1.82) is 0 Å². The second kappa shape index (κ2) is 5.43. The van der Waals surface area contributed by atoms with Crippen LogP contribution in [0.25, 0.3) is 0 Å². The molecule has 1 saturated heterocycles. The molecular weight excluding hydrogens is 238 g/mol. The molecule has 2 aliphatic rings. The van der Waals surface area contributed by atoms with Gasteiger partial charge in [0, 0.05) is 51.7 Å². The molecule has 1 fully saturated rings. The number of hydrogen-bond donors (Lipinski definition) is 1. The molecule has 0 unspecified atom stereocenters. The molecule has 1 aromatic rings. The van der Waals surface area contributed by atoms with E-state index in [0.717, 1.165) is 51.5 Å². The van der Waals surface area contributed by atoms with Gasteiger partial charge in [-0.1, -0.05) is 0 Å². The Bertz CT molecular complexity index is 437. The van der Waals surface area contributed by atoms with Crippen LogP contribution in [0.4, 0.5) is 5.82 Å². The highest BCUT2D eigenvalue weighted by atomic mass is 15.3. The first-order valence-electron chi connectivity index (χ1n) is 7.29. The SMILES string of the molecule is CC(C)N1CCN(c2cc3c(nn2)CCNC3)CC1. The van der Waals surface area contributed by atoms with Gasteiger partial charge in [-0.3, -0.25) is 4.90 Å². The van der Waals surface area contributed by atoms with Crippen LogP contribution < -0.4 is 10.2 Å². The van der Waals surface area contributed by atoms with Gasteiger partial charge in [-0.15, -0.1) is 5.10 Å². The topological polar surface area (TPSA) is 44.3 Å². The van der Waals surface area contributed by atoms with Gasteiger partial charge in [0.25, 0.3) is 0 Å². The Kier molecular flexibility index (Phi) is 3.66. The molecule has 0 atom stereocenters. The smallest absolute Gasteiger partial charge is 0.151 e. The van der Waals surface area contributed by atoms with Gasteiger partial charge in [-0.05, 0) is 25.5 Å². The van der Waals surface area contributed by atoms with E-state index in [2.05, 4.69) is 45.2 Å². The van der Waals surface area contributed by atoms with E-state index in [0.29, 0.717) is 6.04 Å².